The molecular weight excluding hydrogens is 260 g/mol. The van der Waals surface area contributed by atoms with E-state index in [1.807, 2.05) is 12.1 Å². The molecule has 0 aromatic heterocycles. The van der Waals surface area contributed by atoms with Crippen LogP contribution in [0.15, 0.2) is 18.2 Å². The first-order valence-corrected chi connectivity index (χ1v) is 7.12. The topological polar surface area (TPSA) is 47.3 Å². The van der Waals surface area contributed by atoms with Gasteiger partial charge in [0.05, 0.1) is 11.6 Å². The smallest absolute Gasteiger partial charge is 0.0992 e. The highest BCUT2D eigenvalue weighted by atomic mass is 35.5. The summed E-state index contributed by atoms with van der Waals surface area (Å²) in [5.74, 6) is 0.593. The second-order valence-electron chi connectivity index (χ2n) is 5.17. The van der Waals surface area contributed by atoms with Gasteiger partial charge in [0.15, 0.2) is 0 Å². The van der Waals surface area contributed by atoms with Crippen LogP contribution in [0.2, 0.25) is 5.02 Å². The first-order chi connectivity index (χ1) is 9.22. The van der Waals surface area contributed by atoms with Crippen molar-refractivity contribution in [2.24, 2.45) is 5.92 Å². The molecule has 102 valence electrons. The van der Waals surface area contributed by atoms with Gasteiger partial charge in [-0.25, -0.2) is 0 Å². The number of piperidine rings is 1. The van der Waals surface area contributed by atoms with Crippen molar-refractivity contribution in [3.05, 3.63) is 34.3 Å². The van der Waals surface area contributed by atoms with Crippen molar-refractivity contribution in [2.45, 2.75) is 25.8 Å². The Morgan fingerprint density at radius 3 is 3.00 bits per heavy atom. The van der Waals surface area contributed by atoms with Crippen LogP contribution in [-0.4, -0.2) is 29.7 Å². The molecule has 0 aliphatic carbocycles. The van der Waals surface area contributed by atoms with Gasteiger partial charge in [-0.15, -0.1) is 0 Å². The molecule has 0 bridgehead atoms. The molecule has 0 amide bonds. The normalized spacial score (nSPS) is 20.2. The fourth-order valence-electron chi connectivity index (χ4n) is 2.70. The molecule has 1 aliphatic rings. The van der Waals surface area contributed by atoms with E-state index in [4.69, 9.17) is 22.0 Å². The third kappa shape index (κ3) is 3.94. The third-order valence-electron chi connectivity index (χ3n) is 3.72. The molecule has 0 radical (unpaired) electrons. The Bertz CT molecular complexity index is 468. The van der Waals surface area contributed by atoms with Crippen LogP contribution in [0.3, 0.4) is 0 Å². The van der Waals surface area contributed by atoms with E-state index in [9.17, 15) is 0 Å². The molecule has 1 saturated heterocycles. The minimum Gasteiger partial charge on any atom is -0.396 e. The second kappa shape index (κ2) is 6.91. The van der Waals surface area contributed by atoms with Crippen molar-refractivity contribution in [1.82, 2.24) is 4.90 Å². The van der Waals surface area contributed by atoms with Crippen LogP contribution in [0.4, 0.5) is 0 Å². The molecule has 4 heteroatoms. The molecule has 2 rings (SSSR count). The van der Waals surface area contributed by atoms with Crippen molar-refractivity contribution in [2.75, 3.05) is 19.7 Å². The van der Waals surface area contributed by atoms with E-state index < -0.39 is 0 Å². The molecule has 1 fully saturated rings. The van der Waals surface area contributed by atoms with E-state index >= 15 is 0 Å². The molecule has 1 heterocycles. The second-order valence-corrected chi connectivity index (χ2v) is 5.58. The number of likely N-dealkylation sites (tertiary alicyclic amines) is 1. The summed E-state index contributed by atoms with van der Waals surface area (Å²) in [6.45, 7) is 3.21. The summed E-state index contributed by atoms with van der Waals surface area (Å²) in [7, 11) is 0. The van der Waals surface area contributed by atoms with Crippen molar-refractivity contribution in [3.8, 4) is 6.07 Å². The van der Waals surface area contributed by atoms with E-state index in [1.165, 1.54) is 12.8 Å². The number of benzene rings is 1. The summed E-state index contributed by atoms with van der Waals surface area (Å²) in [5.41, 5.74) is 1.68. The predicted octanol–water partition coefficient (Wildman–Crippen LogP) is 2.81. The average molecular weight is 279 g/mol. The van der Waals surface area contributed by atoms with E-state index in [2.05, 4.69) is 11.0 Å². The number of nitrogens with zero attached hydrogens (tertiary/aromatic N) is 2. The molecular formula is C15H19ClN2O. The minimum atomic E-state index is 0.274. The predicted molar refractivity (Wildman–Crippen MR) is 75.9 cm³/mol. The van der Waals surface area contributed by atoms with Gasteiger partial charge in [0.25, 0.3) is 0 Å². The summed E-state index contributed by atoms with van der Waals surface area (Å²) in [5, 5.41) is 18.5. The van der Waals surface area contributed by atoms with Crippen LogP contribution < -0.4 is 0 Å². The monoisotopic (exact) mass is 278 g/mol. The van der Waals surface area contributed by atoms with Crippen LogP contribution in [0.25, 0.3) is 0 Å². The van der Waals surface area contributed by atoms with Gasteiger partial charge in [0.2, 0.25) is 0 Å². The third-order valence-corrected chi connectivity index (χ3v) is 4.07. The maximum Gasteiger partial charge on any atom is 0.0992 e. The fourth-order valence-corrected chi connectivity index (χ4v) is 2.94. The molecule has 1 aromatic rings. The van der Waals surface area contributed by atoms with Crippen LogP contribution in [0.1, 0.15) is 30.4 Å². The zero-order valence-electron chi connectivity index (χ0n) is 11.0. The van der Waals surface area contributed by atoms with E-state index in [1.54, 1.807) is 6.07 Å². The van der Waals surface area contributed by atoms with E-state index in [-0.39, 0.29) is 6.61 Å². The Morgan fingerprint density at radius 2 is 2.32 bits per heavy atom. The Hall–Kier alpha value is -1.08. The maximum atomic E-state index is 9.03. The van der Waals surface area contributed by atoms with Crippen molar-refractivity contribution < 1.29 is 5.11 Å². The largest absolute Gasteiger partial charge is 0.396 e. The van der Waals surface area contributed by atoms with Crippen LogP contribution in [-0.2, 0) is 6.54 Å². The van der Waals surface area contributed by atoms with Gasteiger partial charge in [0.1, 0.15) is 0 Å². The number of rotatable bonds is 4. The standard InChI is InChI=1S/C15H19ClN2O/c16-15-8-13(9-17)3-4-14(15)11-18-6-1-2-12(10-18)5-7-19/h3-4,8,12,19H,1-2,5-7,10-11H2. The highest BCUT2D eigenvalue weighted by Gasteiger charge is 2.20. The number of hydrogen-bond acceptors (Lipinski definition) is 3. The zero-order valence-corrected chi connectivity index (χ0v) is 11.7. The quantitative estimate of drug-likeness (QED) is 0.921. The van der Waals surface area contributed by atoms with Gasteiger partial charge < -0.3 is 5.11 Å². The van der Waals surface area contributed by atoms with Gasteiger partial charge in [0, 0.05) is 24.7 Å². The Labute approximate surface area is 119 Å². The molecule has 1 aliphatic heterocycles. The Kier molecular flexibility index (Phi) is 5.21. The fraction of sp³-hybridized carbons (Fsp3) is 0.533. The van der Waals surface area contributed by atoms with Gasteiger partial charge in [-0.2, -0.15) is 5.26 Å². The maximum absolute atomic E-state index is 9.03. The van der Waals surface area contributed by atoms with Crippen LogP contribution in [0.5, 0.6) is 0 Å². The highest BCUT2D eigenvalue weighted by molar-refractivity contribution is 6.31. The lowest BCUT2D eigenvalue weighted by Crippen LogP contribution is -2.35. The summed E-state index contributed by atoms with van der Waals surface area (Å²) < 4.78 is 0. The molecule has 0 spiro atoms. The molecule has 3 nitrogen and oxygen atoms in total. The zero-order chi connectivity index (χ0) is 13.7. The van der Waals surface area contributed by atoms with E-state index in [0.717, 1.165) is 31.6 Å². The first kappa shape index (κ1) is 14.3. The van der Waals surface area contributed by atoms with Gasteiger partial charge in [-0.05, 0) is 49.4 Å². The molecule has 1 aromatic carbocycles. The molecule has 1 N–H and O–H groups in total. The van der Waals surface area contributed by atoms with Crippen molar-refractivity contribution >= 4 is 11.6 Å². The van der Waals surface area contributed by atoms with Gasteiger partial charge in [-0.3, -0.25) is 4.90 Å². The van der Waals surface area contributed by atoms with Crippen LogP contribution >= 0.6 is 11.6 Å². The molecule has 0 saturated carbocycles. The number of hydrogen-bond donors (Lipinski definition) is 1. The van der Waals surface area contributed by atoms with Crippen molar-refractivity contribution in [3.63, 3.8) is 0 Å². The summed E-state index contributed by atoms with van der Waals surface area (Å²) in [6, 6.07) is 7.58. The number of halogens is 1. The summed E-state index contributed by atoms with van der Waals surface area (Å²) in [4.78, 5) is 2.39. The average Bonchev–Trinajstić information content (AvgIpc) is 2.42. The van der Waals surface area contributed by atoms with E-state index in [0.29, 0.717) is 16.5 Å². The number of nitriles is 1. The Morgan fingerprint density at radius 1 is 1.47 bits per heavy atom. The lowest BCUT2D eigenvalue weighted by atomic mass is 9.95. The highest BCUT2D eigenvalue weighted by Crippen LogP contribution is 2.24. The molecule has 1 unspecified atom stereocenters. The van der Waals surface area contributed by atoms with Crippen LogP contribution in [0, 0.1) is 17.2 Å². The van der Waals surface area contributed by atoms with Gasteiger partial charge >= 0.3 is 0 Å². The minimum absolute atomic E-state index is 0.274. The first-order valence-electron chi connectivity index (χ1n) is 6.74. The van der Waals surface area contributed by atoms with Crippen molar-refractivity contribution in [1.29, 1.82) is 5.26 Å². The number of aliphatic hydroxyl groups is 1. The lowest BCUT2D eigenvalue weighted by molar-refractivity contribution is 0.142. The summed E-state index contributed by atoms with van der Waals surface area (Å²) in [6.07, 6.45) is 3.27. The SMILES string of the molecule is N#Cc1ccc(CN2CCCC(CCO)C2)c(Cl)c1. The Balaban J connectivity index is 1.99. The molecule has 1 atom stereocenters. The molecule has 19 heavy (non-hydrogen) atoms. The lowest BCUT2D eigenvalue weighted by Gasteiger charge is -2.32. The summed E-state index contributed by atoms with van der Waals surface area (Å²) >= 11 is 6.21. The number of aliphatic hydroxyl groups excluding tert-OH is 1. The van der Waals surface area contributed by atoms with Gasteiger partial charge in [-0.1, -0.05) is 17.7 Å².